The number of hydrogen-bond donors (Lipinski definition) is 2. The van der Waals surface area contributed by atoms with E-state index in [1.165, 1.54) is 7.11 Å². The van der Waals surface area contributed by atoms with Gasteiger partial charge in [-0.15, -0.1) is 0 Å². The van der Waals surface area contributed by atoms with Crippen LogP contribution in [0.4, 0.5) is 0 Å². The van der Waals surface area contributed by atoms with E-state index < -0.39 is 12.0 Å². The Morgan fingerprint density at radius 3 is 2.00 bits per heavy atom. The van der Waals surface area contributed by atoms with E-state index in [4.69, 9.17) is 5.73 Å². The monoisotopic (exact) mass is 244 g/mol. The second-order valence-corrected chi connectivity index (χ2v) is 4.84. The maximum Gasteiger partial charge on any atom is 0.328 e. The Hall–Kier alpha value is -1.10. The quantitative estimate of drug-likeness (QED) is 0.668. The Kier molecular flexibility index (Phi) is 6.80. The number of hydrogen-bond acceptors (Lipinski definition) is 4. The summed E-state index contributed by atoms with van der Waals surface area (Å²) in [6.45, 7) is 7.85. The number of methoxy groups -OCH3 is 1. The Morgan fingerprint density at radius 1 is 1.18 bits per heavy atom. The molecule has 0 radical (unpaired) electrons. The molecule has 0 aliphatic heterocycles. The molecule has 0 spiro atoms. The van der Waals surface area contributed by atoms with Crippen LogP contribution in [-0.2, 0) is 14.3 Å². The van der Waals surface area contributed by atoms with E-state index in [1.807, 2.05) is 27.7 Å². The third-order valence-corrected chi connectivity index (χ3v) is 2.81. The number of esters is 1. The van der Waals surface area contributed by atoms with Crippen molar-refractivity contribution < 1.29 is 14.3 Å². The molecule has 17 heavy (non-hydrogen) atoms. The normalized spacial score (nSPS) is 14.6. The van der Waals surface area contributed by atoms with Gasteiger partial charge in [-0.1, -0.05) is 27.7 Å². The summed E-state index contributed by atoms with van der Waals surface area (Å²) in [6.07, 6.45) is 0. The third kappa shape index (κ3) is 4.73. The van der Waals surface area contributed by atoms with E-state index in [0.29, 0.717) is 0 Å². The Bertz CT molecular complexity index is 264. The number of carbonyl (C=O) groups excluding carboxylic acids is 2. The van der Waals surface area contributed by atoms with Crippen molar-refractivity contribution in [2.45, 2.75) is 33.7 Å². The fourth-order valence-electron chi connectivity index (χ4n) is 1.57. The Balaban J connectivity index is 4.65. The lowest BCUT2D eigenvalue weighted by atomic mass is 9.94. The standard InChI is InChI=1S/C12H24N2O3/c1-7(2)9(6-13)11(15)14-10(8(3)4)12(16)17-5/h7-10H,6,13H2,1-5H3,(H,14,15). The fraction of sp³-hybridized carbons (Fsp3) is 0.833. The van der Waals surface area contributed by atoms with Gasteiger partial charge in [-0.05, 0) is 11.8 Å². The highest BCUT2D eigenvalue weighted by Gasteiger charge is 2.28. The van der Waals surface area contributed by atoms with Crippen LogP contribution < -0.4 is 11.1 Å². The molecule has 5 heteroatoms. The molecule has 2 atom stereocenters. The topological polar surface area (TPSA) is 81.4 Å². The van der Waals surface area contributed by atoms with Gasteiger partial charge in [0.1, 0.15) is 6.04 Å². The highest BCUT2D eigenvalue weighted by atomic mass is 16.5. The lowest BCUT2D eigenvalue weighted by Crippen LogP contribution is -2.49. The first-order chi connectivity index (χ1) is 7.84. The average Bonchev–Trinajstić information content (AvgIpc) is 2.24. The average molecular weight is 244 g/mol. The van der Waals surface area contributed by atoms with Crippen molar-refractivity contribution in [1.82, 2.24) is 5.32 Å². The molecule has 0 fully saturated rings. The molecule has 3 N–H and O–H groups in total. The molecular weight excluding hydrogens is 220 g/mol. The van der Waals surface area contributed by atoms with E-state index in [2.05, 4.69) is 10.1 Å². The Morgan fingerprint density at radius 2 is 1.71 bits per heavy atom. The van der Waals surface area contributed by atoms with Crippen molar-refractivity contribution in [1.29, 1.82) is 0 Å². The van der Waals surface area contributed by atoms with E-state index in [-0.39, 0.29) is 30.2 Å². The van der Waals surface area contributed by atoms with Crippen LogP contribution in [0.2, 0.25) is 0 Å². The summed E-state index contributed by atoms with van der Waals surface area (Å²) in [6, 6.07) is -0.611. The molecule has 0 rings (SSSR count). The number of nitrogens with two attached hydrogens (primary N) is 1. The van der Waals surface area contributed by atoms with Gasteiger partial charge in [0, 0.05) is 6.54 Å². The molecule has 2 unspecified atom stereocenters. The first-order valence-electron chi connectivity index (χ1n) is 5.93. The van der Waals surface area contributed by atoms with Gasteiger partial charge in [-0.2, -0.15) is 0 Å². The first kappa shape index (κ1) is 15.9. The van der Waals surface area contributed by atoms with Crippen LogP contribution in [0.3, 0.4) is 0 Å². The van der Waals surface area contributed by atoms with Crippen molar-refractivity contribution in [2.24, 2.45) is 23.5 Å². The van der Waals surface area contributed by atoms with Crippen LogP contribution in [0.15, 0.2) is 0 Å². The number of nitrogens with one attached hydrogen (secondary N) is 1. The van der Waals surface area contributed by atoms with Gasteiger partial charge < -0.3 is 15.8 Å². The predicted octanol–water partition coefficient (Wildman–Crippen LogP) is 0.531. The molecule has 100 valence electrons. The predicted molar refractivity (Wildman–Crippen MR) is 66.2 cm³/mol. The van der Waals surface area contributed by atoms with Gasteiger partial charge in [0.05, 0.1) is 13.0 Å². The van der Waals surface area contributed by atoms with Gasteiger partial charge in [0.25, 0.3) is 0 Å². The van der Waals surface area contributed by atoms with E-state index in [9.17, 15) is 9.59 Å². The maximum absolute atomic E-state index is 12.0. The smallest absolute Gasteiger partial charge is 0.328 e. The van der Waals surface area contributed by atoms with Crippen LogP contribution >= 0.6 is 0 Å². The van der Waals surface area contributed by atoms with Crippen LogP contribution in [0, 0.1) is 17.8 Å². The maximum atomic E-state index is 12.0. The van der Waals surface area contributed by atoms with Crippen molar-refractivity contribution in [3.8, 4) is 0 Å². The molecule has 0 saturated heterocycles. The minimum absolute atomic E-state index is 0.0167. The molecule has 0 bridgehead atoms. The van der Waals surface area contributed by atoms with E-state index >= 15 is 0 Å². The molecule has 0 aromatic carbocycles. The second-order valence-electron chi connectivity index (χ2n) is 4.84. The molecule has 0 aliphatic rings. The van der Waals surface area contributed by atoms with Gasteiger partial charge in [0.2, 0.25) is 5.91 Å². The van der Waals surface area contributed by atoms with Crippen LogP contribution in [0.25, 0.3) is 0 Å². The number of amides is 1. The molecule has 0 saturated carbocycles. The number of rotatable bonds is 6. The van der Waals surface area contributed by atoms with Gasteiger partial charge in [-0.3, -0.25) is 4.79 Å². The van der Waals surface area contributed by atoms with Crippen molar-refractivity contribution in [3.05, 3.63) is 0 Å². The minimum Gasteiger partial charge on any atom is -0.467 e. The summed E-state index contributed by atoms with van der Waals surface area (Å²) in [5.74, 6) is -0.761. The lowest BCUT2D eigenvalue weighted by molar-refractivity contribution is -0.147. The second kappa shape index (κ2) is 7.27. The molecule has 5 nitrogen and oxygen atoms in total. The van der Waals surface area contributed by atoms with Crippen LogP contribution in [0.5, 0.6) is 0 Å². The SMILES string of the molecule is COC(=O)C(NC(=O)C(CN)C(C)C)C(C)C. The van der Waals surface area contributed by atoms with Gasteiger partial charge in [-0.25, -0.2) is 4.79 Å². The van der Waals surface area contributed by atoms with E-state index in [1.54, 1.807) is 0 Å². The van der Waals surface area contributed by atoms with Crippen LogP contribution in [-0.4, -0.2) is 31.6 Å². The molecule has 1 amide bonds. The number of ether oxygens (including phenoxy) is 1. The molecule has 0 aromatic heterocycles. The van der Waals surface area contributed by atoms with E-state index in [0.717, 1.165) is 0 Å². The third-order valence-electron chi connectivity index (χ3n) is 2.81. The van der Waals surface area contributed by atoms with Crippen molar-refractivity contribution >= 4 is 11.9 Å². The molecule has 0 heterocycles. The zero-order chi connectivity index (χ0) is 13.6. The highest BCUT2D eigenvalue weighted by molar-refractivity contribution is 5.86. The van der Waals surface area contributed by atoms with Crippen LogP contribution in [0.1, 0.15) is 27.7 Å². The van der Waals surface area contributed by atoms with Crippen molar-refractivity contribution in [2.75, 3.05) is 13.7 Å². The summed E-state index contributed by atoms with van der Waals surface area (Å²) >= 11 is 0. The minimum atomic E-state index is -0.611. The molecular formula is C12H24N2O3. The summed E-state index contributed by atoms with van der Waals surface area (Å²) < 4.78 is 4.66. The van der Waals surface area contributed by atoms with Crippen molar-refractivity contribution in [3.63, 3.8) is 0 Å². The largest absolute Gasteiger partial charge is 0.467 e. The van der Waals surface area contributed by atoms with Gasteiger partial charge >= 0.3 is 5.97 Å². The zero-order valence-electron chi connectivity index (χ0n) is 11.3. The summed E-state index contributed by atoms with van der Waals surface area (Å²) in [7, 11) is 1.31. The van der Waals surface area contributed by atoms with Gasteiger partial charge in [0.15, 0.2) is 0 Å². The Labute approximate surface area is 103 Å². The number of carbonyl (C=O) groups is 2. The highest BCUT2D eigenvalue weighted by Crippen LogP contribution is 2.11. The lowest BCUT2D eigenvalue weighted by Gasteiger charge is -2.24. The summed E-state index contributed by atoms with van der Waals surface area (Å²) in [5.41, 5.74) is 5.56. The molecule has 0 aromatic rings. The summed E-state index contributed by atoms with van der Waals surface area (Å²) in [4.78, 5) is 23.5. The first-order valence-corrected chi connectivity index (χ1v) is 5.93. The summed E-state index contributed by atoms with van der Waals surface area (Å²) in [5, 5.41) is 2.71. The fourth-order valence-corrected chi connectivity index (χ4v) is 1.57. The molecule has 0 aliphatic carbocycles. The zero-order valence-corrected chi connectivity index (χ0v) is 11.3.